The number of anilines is 1. The second kappa shape index (κ2) is 7.53. The van der Waals surface area contributed by atoms with Gasteiger partial charge in [0.05, 0.1) is 22.3 Å². The molecule has 128 valence electrons. The maximum atomic E-state index is 12.9. The van der Waals surface area contributed by atoms with Crippen LogP contribution in [0.15, 0.2) is 54.6 Å². The molecule has 0 radical (unpaired) electrons. The standard InChI is InChI=1S/C20H20ClN3O/c1-3-15(14-9-5-4-6-10-14)20(25)22-18-13(2)23-24-19(18)16-11-7-8-12-17(16)21/h4-12,15H,3H2,1-2H3,(H,22,25)(H,23,24)/t15-/m0/s1. The van der Waals surface area contributed by atoms with E-state index in [0.29, 0.717) is 22.8 Å². The van der Waals surface area contributed by atoms with Gasteiger partial charge in [0.15, 0.2) is 0 Å². The second-order valence-electron chi connectivity index (χ2n) is 5.91. The van der Waals surface area contributed by atoms with Gasteiger partial charge in [-0.15, -0.1) is 0 Å². The molecule has 5 heteroatoms. The number of benzene rings is 2. The van der Waals surface area contributed by atoms with Crippen molar-refractivity contribution in [3.05, 3.63) is 70.9 Å². The summed E-state index contributed by atoms with van der Waals surface area (Å²) in [6, 6.07) is 17.3. The third-order valence-electron chi connectivity index (χ3n) is 4.25. The first kappa shape index (κ1) is 17.2. The van der Waals surface area contributed by atoms with Gasteiger partial charge in [0.2, 0.25) is 5.91 Å². The number of halogens is 1. The van der Waals surface area contributed by atoms with Crippen molar-refractivity contribution < 1.29 is 4.79 Å². The Balaban J connectivity index is 1.92. The van der Waals surface area contributed by atoms with Crippen LogP contribution in [0.5, 0.6) is 0 Å². The van der Waals surface area contributed by atoms with Crippen molar-refractivity contribution in [2.24, 2.45) is 0 Å². The molecule has 0 saturated heterocycles. The second-order valence-corrected chi connectivity index (χ2v) is 6.32. The number of aromatic amines is 1. The molecular weight excluding hydrogens is 334 g/mol. The molecule has 0 aliphatic rings. The number of H-pyrrole nitrogens is 1. The molecule has 1 aromatic heterocycles. The quantitative estimate of drug-likeness (QED) is 0.664. The van der Waals surface area contributed by atoms with E-state index in [4.69, 9.17) is 11.6 Å². The normalized spacial score (nSPS) is 12.0. The lowest BCUT2D eigenvalue weighted by molar-refractivity contribution is -0.117. The third kappa shape index (κ3) is 3.59. The lowest BCUT2D eigenvalue weighted by Gasteiger charge is -2.16. The van der Waals surface area contributed by atoms with Gasteiger partial charge in [-0.05, 0) is 25.0 Å². The summed E-state index contributed by atoms with van der Waals surface area (Å²) in [5.74, 6) is -0.263. The van der Waals surface area contributed by atoms with E-state index in [1.807, 2.05) is 68.4 Å². The number of nitrogens with one attached hydrogen (secondary N) is 2. The van der Waals surface area contributed by atoms with Gasteiger partial charge in [-0.25, -0.2) is 0 Å². The summed E-state index contributed by atoms with van der Waals surface area (Å²) in [5.41, 5.74) is 3.91. The molecule has 2 N–H and O–H groups in total. The molecule has 1 heterocycles. The molecule has 25 heavy (non-hydrogen) atoms. The van der Waals surface area contributed by atoms with E-state index in [-0.39, 0.29) is 11.8 Å². The highest BCUT2D eigenvalue weighted by Gasteiger charge is 2.22. The lowest BCUT2D eigenvalue weighted by atomic mass is 9.95. The number of carbonyl (C=O) groups excluding carboxylic acids is 1. The van der Waals surface area contributed by atoms with Crippen LogP contribution < -0.4 is 5.32 Å². The Morgan fingerprint density at radius 2 is 1.84 bits per heavy atom. The number of nitrogens with zero attached hydrogens (tertiary/aromatic N) is 1. The van der Waals surface area contributed by atoms with Crippen LogP contribution >= 0.6 is 11.6 Å². The van der Waals surface area contributed by atoms with Gasteiger partial charge >= 0.3 is 0 Å². The van der Waals surface area contributed by atoms with Crippen molar-refractivity contribution in [3.63, 3.8) is 0 Å². The fraction of sp³-hybridized carbons (Fsp3) is 0.200. The molecule has 4 nitrogen and oxygen atoms in total. The van der Waals surface area contributed by atoms with E-state index < -0.39 is 0 Å². The van der Waals surface area contributed by atoms with E-state index >= 15 is 0 Å². The minimum Gasteiger partial charge on any atom is -0.322 e. The first-order valence-electron chi connectivity index (χ1n) is 8.27. The van der Waals surface area contributed by atoms with Crippen molar-refractivity contribution >= 4 is 23.2 Å². The van der Waals surface area contributed by atoms with E-state index in [1.165, 1.54) is 0 Å². The Bertz CT molecular complexity index is 874. The summed E-state index contributed by atoms with van der Waals surface area (Å²) in [7, 11) is 0. The van der Waals surface area contributed by atoms with Crippen LogP contribution in [0.1, 0.15) is 30.5 Å². The molecule has 3 aromatic rings. The first-order chi connectivity index (χ1) is 12.1. The average molecular weight is 354 g/mol. The summed E-state index contributed by atoms with van der Waals surface area (Å²) in [5, 5.41) is 10.9. The number of aryl methyl sites for hydroxylation is 1. The van der Waals surface area contributed by atoms with E-state index in [2.05, 4.69) is 15.5 Å². The number of carbonyl (C=O) groups is 1. The molecule has 0 saturated carbocycles. The van der Waals surface area contributed by atoms with Crippen molar-refractivity contribution in [2.45, 2.75) is 26.2 Å². The fourth-order valence-electron chi connectivity index (χ4n) is 2.90. The summed E-state index contributed by atoms with van der Waals surface area (Å²) < 4.78 is 0. The van der Waals surface area contributed by atoms with Gasteiger partial charge < -0.3 is 5.32 Å². The van der Waals surface area contributed by atoms with Crippen LogP contribution in [0.25, 0.3) is 11.3 Å². The molecular formula is C20H20ClN3O. The summed E-state index contributed by atoms with van der Waals surface area (Å²) >= 11 is 6.30. The zero-order chi connectivity index (χ0) is 17.8. The molecule has 0 aliphatic carbocycles. The fourth-order valence-corrected chi connectivity index (χ4v) is 3.12. The molecule has 0 fully saturated rings. The smallest absolute Gasteiger partial charge is 0.232 e. The van der Waals surface area contributed by atoms with Crippen molar-refractivity contribution in [1.82, 2.24) is 10.2 Å². The Morgan fingerprint density at radius 3 is 2.52 bits per heavy atom. The maximum Gasteiger partial charge on any atom is 0.232 e. The van der Waals surface area contributed by atoms with Crippen molar-refractivity contribution in [1.29, 1.82) is 0 Å². The Hall–Kier alpha value is -2.59. The van der Waals surface area contributed by atoms with Gasteiger partial charge in [-0.2, -0.15) is 5.10 Å². The van der Waals surface area contributed by atoms with Crippen LogP contribution in [0.2, 0.25) is 5.02 Å². The highest BCUT2D eigenvalue weighted by atomic mass is 35.5. The van der Waals surface area contributed by atoms with Crippen LogP contribution in [0, 0.1) is 6.92 Å². The summed E-state index contributed by atoms with van der Waals surface area (Å²) in [6.45, 7) is 3.89. The zero-order valence-corrected chi connectivity index (χ0v) is 15.0. The summed E-state index contributed by atoms with van der Waals surface area (Å²) in [6.07, 6.45) is 0.716. The maximum absolute atomic E-state index is 12.9. The Labute approximate surface area is 152 Å². The van der Waals surface area contributed by atoms with Crippen molar-refractivity contribution in [3.8, 4) is 11.3 Å². The average Bonchev–Trinajstić information content (AvgIpc) is 2.97. The van der Waals surface area contributed by atoms with Gasteiger partial charge in [0.1, 0.15) is 5.69 Å². The molecule has 0 spiro atoms. The predicted molar refractivity (Wildman–Crippen MR) is 102 cm³/mol. The highest BCUT2D eigenvalue weighted by Crippen LogP contribution is 2.34. The van der Waals surface area contributed by atoms with E-state index in [9.17, 15) is 4.79 Å². The number of amides is 1. The summed E-state index contributed by atoms with van der Waals surface area (Å²) in [4.78, 5) is 12.9. The minimum atomic E-state index is -0.213. The topological polar surface area (TPSA) is 57.8 Å². The van der Waals surface area contributed by atoms with Gasteiger partial charge in [0, 0.05) is 5.56 Å². The molecule has 1 amide bonds. The van der Waals surface area contributed by atoms with Crippen LogP contribution in [0.3, 0.4) is 0 Å². The number of rotatable bonds is 5. The van der Waals surface area contributed by atoms with Gasteiger partial charge in [0.25, 0.3) is 0 Å². The lowest BCUT2D eigenvalue weighted by Crippen LogP contribution is -2.21. The van der Waals surface area contributed by atoms with Crippen LogP contribution in [0.4, 0.5) is 5.69 Å². The monoisotopic (exact) mass is 353 g/mol. The number of hydrogen-bond acceptors (Lipinski definition) is 2. The van der Waals surface area contributed by atoms with Gasteiger partial charge in [-0.1, -0.05) is 67.1 Å². The minimum absolute atomic E-state index is 0.0495. The Morgan fingerprint density at radius 1 is 1.16 bits per heavy atom. The predicted octanol–water partition coefficient (Wildman–Crippen LogP) is 5.17. The van der Waals surface area contributed by atoms with E-state index in [1.54, 1.807) is 0 Å². The third-order valence-corrected chi connectivity index (χ3v) is 4.58. The van der Waals surface area contributed by atoms with Crippen molar-refractivity contribution in [2.75, 3.05) is 5.32 Å². The first-order valence-corrected chi connectivity index (χ1v) is 8.65. The largest absolute Gasteiger partial charge is 0.322 e. The number of hydrogen-bond donors (Lipinski definition) is 2. The molecule has 2 aromatic carbocycles. The highest BCUT2D eigenvalue weighted by molar-refractivity contribution is 6.33. The molecule has 0 aliphatic heterocycles. The van der Waals surface area contributed by atoms with Gasteiger partial charge in [-0.3, -0.25) is 9.89 Å². The SMILES string of the molecule is CC[C@H](C(=O)Nc1c(-c2ccccc2Cl)n[nH]c1C)c1ccccc1. The molecule has 3 rings (SSSR count). The Kier molecular flexibility index (Phi) is 5.19. The zero-order valence-electron chi connectivity index (χ0n) is 14.2. The van der Waals surface area contributed by atoms with Crippen LogP contribution in [-0.2, 0) is 4.79 Å². The molecule has 0 unspecified atom stereocenters. The molecule has 0 bridgehead atoms. The van der Waals surface area contributed by atoms with Crippen LogP contribution in [-0.4, -0.2) is 16.1 Å². The number of aromatic nitrogens is 2. The van der Waals surface area contributed by atoms with E-state index in [0.717, 1.165) is 16.8 Å². The molecule has 1 atom stereocenters.